The van der Waals surface area contributed by atoms with Crippen LogP contribution in [-0.4, -0.2) is 32.6 Å². The summed E-state index contributed by atoms with van der Waals surface area (Å²) in [5, 5.41) is 12.5. The van der Waals surface area contributed by atoms with Crippen LogP contribution in [0.1, 0.15) is 19.9 Å². The molecule has 0 spiro atoms. The van der Waals surface area contributed by atoms with E-state index in [0.717, 1.165) is 16.7 Å². The normalized spacial score (nSPS) is 10.8. The van der Waals surface area contributed by atoms with Crippen molar-refractivity contribution >= 4 is 11.8 Å². The molecule has 0 saturated carbocycles. The van der Waals surface area contributed by atoms with E-state index in [-0.39, 0.29) is 6.04 Å². The molecule has 2 rings (SSSR count). The third-order valence-electron chi connectivity index (χ3n) is 2.28. The number of benzene rings is 1. The molecule has 96 valence electrons. The first kappa shape index (κ1) is 12.9. The first-order chi connectivity index (χ1) is 8.77. The molecule has 1 aromatic carbocycles. The van der Waals surface area contributed by atoms with E-state index in [9.17, 15) is 0 Å². The number of nitrogens with zero attached hydrogens (tertiary/aromatic N) is 4. The Morgan fingerprint density at radius 1 is 1.28 bits per heavy atom. The van der Waals surface area contributed by atoms with Crippen molar-refractivity contribution in [3.63, 3.8) is 0 Å². The molecule has 0 aliphatic rings. The van der Waals surface area contributed by atoms with Crippen LogP contribution in [0.4, 0.5) is 0 Å². The number of rotatable bonds is 6. The van der Waals surface area contributed by atoms with Gasteiger partial charge in [0.25, 0.3) is 0 Å². The fourth-order valence-corrected chi connectivity index (χ4v) is 2.24. The highest BCUT2D eigenvalue weighted by atomic mass is 32.2. The smallest absolute Gasteiger partial charge is 0.209 e. The van der Waals surface area contributed by atoms with Crippen molar-refractivity contribution < 1.29 is 4.74 Å². The van der Waals surface area contributed by atoms with Gasteiger partial charge in [-0.05, 0) is 36.4 Å². The third-order valence-corrected chi connectivity index (χ3v) is 3.18. The van der Waals surface area contributed by atoms with Gasteiger partial charge in [0.15, 0.2) is 0 Å². The number of aromatic nitrogens is 4. The van der Waals surface area contributed by atoms with Crippen molar-refractivity contribution in [1.29, 1.82) is 0 Å². The van der Waals surface area contributed by atoms with Gasteiger partial charge in [-0.15, -0.1) is 5.10 Å². The van der Waals surface area contributed by atoms with Crippen LogP contribution in [-0.2, 0) is 0 Å². The number of tetrazole rings is 1. The summed E-state index contributed by atoms with van der Waals surface area (Å²) in [6.07, 6.45) is 0. The van der Waals surface area contributed by atoms with E-state index in [4.69, 9.17) is 4.74 Å². The summed E-state index contributed by atoms with van der Waals surface area (Å²) in [6.45, 7) is 4.75. The summed E-state index contributed by atoms with van der Waals surface area (Å²) in [4.78, 5) is 0. The summed E-state index contributed by atoms with van der Waals surface area (Å²) < 4.78 is 7.42. The molecular formula is C12H16N4OS. The van der Waals surface area contributed by atoms with Crippen LogP contribution in [0.3, 0.4) is 0 Å². The summed E-state index contributed by atoms with van der Waals surface area (Å²) in [6, 6.07) is 10.1. The number of ether oxygens (including phenoxy) is 1. The van der Waals surface area contributed by atoms with Gasteiger partial charge in [0, 0.05) is 5.75 Å². The molecule has 0 radical (unpaired) electrons. The highest BCUT2D eigenvalue weighted by Gasteiger charge is 2.09. The molecular weight excluding hydrogens is 248 g/mol. The highest BCUT2D eigenvalue weighted by Crippen LogP contribution is 2.17. The topological polar surface area (TPSA) is 52.8 Å². The van der Waals surface area contributed by atoms with Gasteiger partial charge in [0.05, 0.1) is 12.6 Å². The van der Waals surface area contributed by atoms with Gasteiger partial charge < -0.3 is 4.74 Å². The van der Waals surface area contributed by atoms with Crippen molar-refractivity contribution in [2.75, 3.05) is 12.4 Å². The van der Waals surface area contributed by atoms with Crippen LogP contribution in [0.5, 0.6) is 5.75 Å². The van der Waals surface area contributed by atoms with Gasteiger partial charge >= 0.3 is 0 Å². The molecule has 0 bridgehead atoms. The average Bonchev–Trinajstić information content (AvgIpc) is 2.84. The molecule has 0 saturated heterocycles. The van der Waals surface area contributed by atoms with Crippen LogP contribution in [0, 0.1) is 0 Å². The Kier molecular flexibility index (Phi) is 4.58. The molecule has 1 heterocycles. The van der Waals surface area contributed by atoms with Gasteiger partial charge in [-0.1, -0.05) is 30.0 Å². The first-order valence-corrected chi connectivity index (χ1v) is 6.84. The van der Waals surface area contributed by atoms with E-state index >= 15 is 0 Å². The summed E-state index contributed by atoms with van der Waals surface area (Å²) in [5.41, 5.74) is 0. The lowest BCUT2D eigenvalue weighted by Gasteiger charge is -2.07. The van der Waals surface area contributed by atoms with Crippen molar-refractivity contribution in [2.24, 2.45) is 0 Å². The quantitative estimate of drug-likeness (QED) is 0.592. The van der Waals surface area contributed by atoms with Crippen molar-refractivity contribution in [2.45, 2.75) is 25.0 Å². The predicted octanol–water partition coefficient (Wildman–Crippen LogP) is 2.43. The van der Waals surface area contributed by atoms with Crippen LogP contribution in [0.25, 0.3) is 0 Å². The zero-order valence-electron chi connectivity index (χ0n) is 10.5. The van der Waals surface area contributed by atoms with Crippen LogP contribution < -0.4 is 4.74 Å². The zero-order chi connectivity index (χ0) is 12.8. The molecule has 0 amide bonds. The Balaban J connectivity index is 1.77. The standard InChI is InChI=1S/C12H16N4OS/c1-10(2)16-12(13-14-15-16)18-9-8-17-11-6-4-3-5-7-11/h3-7,10H,8-9H2,1-2H3. The maximum atomic E-state index is 5.61. The Bertz CT molecular complexity index is 472. The maximum Gasteiger partial charge on any atom is 0.209 e. The lowest BCUT2D eigenvalue weighted by molar-refractivity contribution is 0.343. The maximum absolute atomic E-state index is 5.61. The molecule has 0 atom stereocenters. The third kappa shape index (κ3) is 3.46. The van der Waals surface area contributed by atoms with Gasteiger partial charge in [-0.25, -0.2) is 4.68 Å². The number of para-hydroxylation sites is 1. The van der Waals surface area contributed by atoms with E-state index in [1.54, 1.807) is 11.8 Å². The lowest BCUT2D eigenvalue weighted by Crippen LogP contribution is -2.06. The summed E-state index contributed by atoms with van der Waals surface area (Å²) in [7, 11) is 0. The van der Waals surface area contributed by atoms with E-state index in [2.05, 4.69) is 29.4 Å². The van der Waals surface area contributed by atoms with Gasteiger partial charge in [0.2, 0.25) is 5.16 Å². The Hall–Kier alpha value is -1.56. The Morgan fingerprint density at radius 3 is 2.78 bits per heavy atom. The second kappa shape index (κ2) is 6.39. The molecule has 0 N–H and O–H groups in total. The average molecular weight is 264 g/mol. The minimum Gasteiger partial charge on any atom is -0.493 e. The monoisotopic (exact) mass is 264 g/mol. The van der Waals surface area contributed by atoms with Crippen molar-refractivity contribution in [3.8, 4) is 5.75 Å². The predicted molar refractivity (Wildman–Crippen MR) is 70.9 cm³/mol. The number of hydrogen-bond acceptors (Lipinski definition) is 5. The van der Waals surface area contributed by atoms with Crippen molar-refractivity contribution in [1.82, 2.24) is 20.2 Å². The SMILES string of the molecule is CC(C)n1nnnc1SCCOc1ccccc1. The van der Waals surface area contributed by atoms with E-state index in [1.807, 2.05) is 35.0 Å². The minimum atomic E-state index is 0.276. The van der Waals surface area contributed by atoms with Gasteiger partial charge in [-0.3, -0.25) is 0 Å². The van der Waals surface area contributed by atoms with Gasteiger partial charge in [0.1, 0.15) is 5.75 Å². The lowest BCUT2D eigenvalue weighted by atomic mass is 10.3. The fraction of sp³-hybridized carbons (Fsp3) is 0.417. The molecule has 0 aliphatic carbocycles. The van der Waals surface area contributed by atoms with Crippen LogP contribution in [0.15, 0.2) is 35.5 Å². The number of thioether (sulfide) groups is 1. The molecule has 18 heavy (non-hydrogen) atoms. The zero-order valence-corrected chi connectivity index (χ0v) is 11.3. The molecule has 0 aliphatic heterocycles. The van der Waals surface area contributed by atoms with E-state index in [1.165, 1.54) is 0 Å². The Labute approximate surface area is 111 Å². The molecule has 2 aromatic rings. The molecule has 1 aromatic heterocycles. The second-order valence-electron chi connectivity index (χ2n) is 4.01. The van der Waals surface area contributed by atoms with Crippen molar-refractivity contribution in [3.05, 3.63) is 30.3 Å². The van der Waals surface area contributed by atoms with E-state index < -0.39 is 0 Å². The summed E-state index contributed by atoms with van der Waals surface area (Å²) >= 11 is 1.60. The molecule has 6 heteroatoms. The number of hydrogen-bond donors (Lipinski definition) is 0. The second-order valence-corrected chi connectivity index (χ2v) is 5.07. The van der Waals surface area contributed by atoms with E-state index in [0.29, 0.717) is 6.61 Å². The molecule has 5 nitrogen and oxygen atoms in total. The molecule has 0 unspecified atom stereocenters. The fourth-order valence-electron chi connectivity index (χ4n) is 1.41. The molecule has 0 fully saturated rings. The van der Waals surface area contributed by atoms with Crippen LogP contribution in [0.2, 0.25) is 0 Å². The largest absolute Gasteiger partial charge is 0.493 e. The highest BCUT2D eigenvalue weighted by molar-refractivity contribution is 7.99. The Morgan fingerprint density at radius 2 is 2.06 bits per heavy atom. The minimum absolute atomic E-state index is 0.276. The first-order valence-electron chi connectivity index (χ1n) is 5.86. The van der Waals surface area contributed by atoms with Gasteiger partial charge in [-0.2, -0.15) is 0 Å². The van der Waals surface area contributed by atoms with Crippen LogP contribution >= 0.6 is 11.8 Å². The summed E-state index contributed by atoms with van der Waals surface area (Å²) in [5.74, 6) is 1.71.